The number of nitrogens with one attached hydrogen (secondary N) is 1. The van der Waals surface area contributed by atoms with Gasteiger partial charge in [-0.1, -0.05) is 12.8 Å². The number of H-pyrrole nitrogens is 1. The summed E-state index contributed by atoms with van der Waals surface area (Å²) in [6, 6.07) is 6.71. The van der Waals surface area contributed by atoms with Gasteiger partial charge in [-0.3, -0.25) is 4.79 Å². The summed E-state index contributed by atoms with van der Waals surface area (Å²) < 4.78 is 52.4. The Balaban J connectivity index is 0.000000198. The van der Waals surface area contributed by atoms with Crippen LogP contribution in [0.25, 0.3) is 33.5 Å². The Morgan fingerprint density at radius 3 is 2.64 bits per heavy atom. The maximum absolute atomic E-state index is 14.5. The van der Waals surface area contributed by atoms with Gasteiger partial charge >= 0.3 is 5.97 Å². The number of furan rings is 1. The molecule has 3 aromatic heterocycles. The topological polar surface area (TPSA) is 118 Å². The van der Waals surface area contributed by atoms with E-state index in [0.717, 1.165) is 24.5 Å². The molecule has 39 heavy (non-hydrogen) atoms. The van der Waals surface area contributed by atoms with Gasteiger partial charge in [-0.15, -0.1) is 0 Å². The van der Waals surface area contributed by atoms with Crippen LogP contribution in [-0.2, 0) is 9.53 Å². The lowest BCUT2D eigenvalue weighted by molar-refractivity contribution is -0.153. The van der Waals surface area contributed by atoms with Gasteiger partial charge in [0.25, 0.3) is 0 Å². The van der Waals surface area contributed by atoms with Crippen LogP contribution in [-0.4, -0.2) is 22.5 Å². The Hall–Kier alpha value is -4.26. The fraction of sp³-hybridized carbons (Fsp3) is 0.345. The molecule has 202 valence electrons. The molecule has 3 N–H and O–H groups in total. The molecule has 1 atom stereocenters. The number of ether oxygens (including phenoxy) is 1. The van der Waals surface area contributed by atoms with Crippen molar-refractivity contribution in [3.05, 3.63) is 59.7 Å². The summed E-state index contributed by atoms with van der Waals surface area (Å²) in [6.45, 7) is 2.42. The number of benzene rings is 1. The van der Waals surface area contributed by atoms with Crippen LogP contribution in [0, 0.1) is 46.5 Å². The highest BCUT2D eigenvalue weighted by Gasteiger charge is 2.40. The Morgan fingerprint density at radius 1 is 1.26 bits per heavy atom. The lowest BCUT2D eigenvalue weighted by Gasteiger charge is -2.40. The van der Waals surface area contributed by atoms with Crippen LogP contribution in [0.4, 0.5) is 19.0 Å². The van der Waals surface area contributed by atoms with E-state index < -0.39 is 23.3 Å². The molecule has 0 amide bonds. The van der Waals surface area contributed by atoms with Crippen molar-refractivity contribution in [3.63, 3.8) is 0 Å². The zero-order valence-electron chi connectivity index (χ0n) is 21.3. The van der Waals surface area contributed by atoms with E-state index in [9.17, 15) is 23.2 Å². The molecule has 2 bridgehead atoms. The smallest absolute Gasteiger partial charge is 0.309 e. The van der Waals surface area contributed by atoms with Crippen molar-refractivity contribution < 1.29 is 27.1 Å². The molecule has 0 radical (unpaired) electrons. The number of nitrogen functional groups attached to an aromatic ring is 1. The molecular weight excluding hydrogens is 509 g/mol. The molecule has 3 aliphatic rings. The predicted molar refractivity (Wildman–Crippen MR) is 138 cm³/mol. The van der Waals surface area contributed by atoms with E-state index in [1.807, 2.05) is 13.0 Å². The minimum atomic E-state index is -0.905. The fourth-order valence-corrected chi connectivity index (χ4v) is 5.80. The highest BCUT2D eigenvalue weighted by Crippen LogP contribution is 2.45. The lowest BCUT2D eigenvalue weighted by atomic mass is 9.65. The Bertz CT molecular complexity index is 1550. The zero-order valence-corrected chi connectivity index (χ0v) is 21.3. The van der Waals surface area contributed by atoms with Gasteiger partial charge in [-0.05, 0) is 56.2 Å². The van der Waals surface area contributed by atoms with Gasteiger partial charge in [-0.2, -0.15) is 5.26 Å². The summed E-state index contributed by atoms with van der Waals surface area (Å²) in [5, 5.41) is 9.75. The van der Waals surface area contributed by atoms with Gasteiger partial charge in [0.1, 0.15) is 23.5 Å². The second-order valence-corrected chi connectivity index (χ2v) is 9.89. The maximum atomic E-state index is 14.5. The molecule has 3 heterocycles. The van der Waals surface area contributed by atoms with E-state index >= 15 is 0 Å². The van der Waals surface area contributed by atoms with Crippen molar-refractivity contribution >= 4 is 22.7 Å². The van der Waals surface area contributed by atoms with Gasteiger partial charge in [0, 0.05) is 23.2 Å². The molecule has 0 saturated heterocycles. The number of aromatic amines is 1. The minimum absolute atomic E-state index is 0.00551. The zero-order chi connectivity index (χ0) is 27.7. The number of anilines is 1. The van der Waals surface area contributed by atoms with E-state index in [1.165, 1.54) is 50.3 Å². The van der Waals surface area contributed by atoms with Crippen LogP contribution < -0.4 is 5.73 Å². The first kappa shape index (κ1) is 26.4. The van der Waals surface area contributed by atoms with E-state index in [2.05, 4.69) is 9.97 Å². The van der Waals surface area contributed by atoms with Crippen molar-refractivity contribution in [1.82, 2.24) is 9.97 Å². The van der Waals surface area contributed by atoms with Crippen LogP contribution in [0.3, 0.4) is 0 Å². The molecule has 7 nitrogen and oxygen atoms in total. The number of fused-ring (bicyclic) bond motifs is 4. The number of carbonyl (C=O) groups is 1. The van der Waals surface area contributed by atoms with E-state index in [1.54, 1.807) is 0 Å². The molecule has 10 heteroatoms. The number of esters is 1. The summed E-state index contributed by atoms with van der Waals surface area (Å²) in [6.07, 6.45) is 9.00. The number of pyridine rings is 1. The predicted octanol–water partition coefficient (Wildman–Crippen LogP) is 6.74. The molecule has 3 saturated carbocycles. The number of rotatable bonds is 4. The maximum Gasteiger partial charge on any atom is 0.309 e. The first-order chi connectivity index (χ1) is 18.8. The summed E-state index contributed by atoms with van der Waals surface area (Å²) in [5.74, 6) is -1.10. The number of nitrogens with two attached hydrogens (primary N) is 1. The average Bonchev–Trinajstić information content (AvgIpc) is 3.62. The standard InChI is InChI=1S/C18H9F3N4O.C11H18O2/c19-8-4-9-11(7-24-17(9)12(20)5-8)16-10(6-22)14(13-2-1-3-26-13)15(21)18(23)25-16;1-2-13-11(12)10-7-8-3-5-9(10)6-4-8/h1-5,7,24H,(H2,23,25);8-10H,2-7H2,1H3. The summed E-state index contributed by atoms with van der Waals surface area (Å²) in [4.78, 5) is 18.2. The largest absolute Gasteiger partial charge is 0.466 e. The van der Waals surface area contributed by atoms with Crippen molar-refractivity contribution in [2.24, 2.45) is 17.8 Å². The second kappa shape index (κ2) is 10.8. The monoisotopic (exact) mass is 536 g/mol. The third-order valence-electron chi connectivity index (χ3n) is 7.64. The summed E-state index contributed by atoms with van der Waals surface area (Å²) in [7, 11) is 0. The van der Waals surface area contributed by atoms with E-state index in [4.69, 9.17) is 14.9 Å². The van der Waals surface area contributed by atoms with Crippen LogP contribution in [0.5, 0.6) is 0 Å². The number of hydrogen-bond donors (Lipinski definition) is 2. The molecule has 3 fully saturated rings. The number of nitriles is 1. The number of nitrogens with zero attached hydrogens (tertiary/aromatic N) is 2. The van der Waals surface area contributed by atoms with Crippen molar-refractivity contribution in [1.29, 1.82) is 5.26 Å². The van der Waals surface area contributed by atoms with Crippen molar-refractivity contribution in [2.75, 3.05) is 12.3 Å². The highest BCUT2D eigenvalue weighted by atomic mass is 19.1. The van der Waals surface area contributed by atoms with Crippen LogP contribution in [0.2, 0.25) is 0 Å². The number of hydrogen-bond acceptors (Lipinski definition) is 6. The highest BCUT2D eigenvalue weighted by molar-refractivity contribution is 5.97. The Kier molecular flexibility index (Phi) is 7.33. The lowest BCUT2D eigenvalue weighted by Crippen LogP contribution is -2.36. The number of halogens is 3. The van der Waals surface area contributed by atoms with E-state index in [-0.39, 0.29) is 50.9 Å². The third kappa shape index (κ3) is 4.97. The van der Waals surface area contributed by atoms with Gasteiger partial charge in [0.2, 0.25) is 0 Å². The summed E-state index contributed by atoms with van der Waals surface area (Å²) in [5.41, 5.74) is 5.60. The Morgan fingerprint density at radius 2 is 2.03 bits per heavy atom. The Labute approximate surface area is 222 Å². The second-order valence-electron chi connectivity index (χ2n) is 9.89. The minimum Gasteiger partial charge on any atom is -0.466 e. The first-order valence-corrected chi connectivity index (χ1v) is 12.9. The molecule has 1 aromatic carbocycles. The molecule has 3 aliphatic carbocycles. The van der Waals surface area contributed by atoms with Crippen LogP contribution in [0.1, 0.15) is 44.6 Å². The van der Waals surface area contributed by atoms with Gasteiger partial charge < -0.3 is 19.9 Å². The number of carbonyl (C=O) groups excluding carboxylic acids is 1. The van der Waals surface area contributed by atoms with Crippen molar-refractivity contribution in [3.8, 4) is 28.7 Å². The molecule has 4 aromatic rings. The molecule has 1 unspecified atom stereocenters. The van der Waals surface area contributed by atoms with E-state index in [0.29, 0.717) is 12.5 Å². The normalized spacial score (nSPS) is 19.8. The third-order valence-corrected chi connectivity index (χ3v) is 7.64. The van der Waals surface area contributed by atoms with Crippen molar-refractivity contribution in [2.45, 2.75) is 39.0 Å². The van der Waals surface area contributed by atoms with Gasteiger partial charge in [-0.25, -0.2) is 18.2 Å². The molecule has 7 rings (SSSR count). The van der Waals surface area contributed by atoms with Gasteiger partial charge in [0.05, 0.1) is 41.1 Å². The van der Waals surface area contributed by atoms with Crippen LogP contribution in [0.15, 0.2) is 41.1 Å². The van der Waals surface area contributed by atoms with Crippen LogP contribution >= 0.6 is 0 Å². The summed E-state index contributed by atoms with van der Waals surface area (Å²) >= 11 is 0. The first-order valence-electron chi connectivity index (χ1n) is 12.9. The molecule has 0 spiro atoms. The molecule has 0 aliphatic heterocycles. The quantitative estimate of drug-likeness (QED) is 0.279. The SMILES string of the molecule is CCOC(=O)C1CC2CCC1CC2.N#Cc1c(-c2c[nH]c3c(F)cc(F)cc23)nc(N)c(F)c1-c1ccco1. The fourth-order valence-electron chi connectivity index (χ4n) is 5.80. The average molecular weight is 537 g/mol. The van der Waals surface area contributed by atoms with Gasteiger partial charge in [0.15, 0.2) is 11.6 Å². The molecular formula is C29H27F3N4O3. The number of aromatic nitrogens is 2.